The first kappa shape index (κ1) is 43.1. The van der Waals surface area contributed by atoms with E-state index in [0.29, 0.717) is 12.0 Å². The number of benzene rings is 1. The van der Waals surface area contributed by atoms with Crippen molar-refractivity contribution in [2.75, 3.05) is 6.54 Å². The van der Waals surface area contributed by atoms with Crippen molar-refractivity contribution in [2.45, 2.75) is 123 Å². The van der Waals surface area contributed by atoms with Crippen molar-refractivity contribution in [1.29, 1.82) is 0 Å². The Morgan fingerprint density at radius 3 is 1.86 bits per heavy atom. The van der Waals surface area contributed by atoms with Crippen LogP contribution in [0, 0.1) is 5.92 Å². The topological polar surface area (TPSA) is 254 Å². The molecule has 1 aromatic rings. The van der Waals surface area contributed by atoms with Crippen molar-refractivity contribution < 1.29 is 43.3 Å². The van der Waals surface area contributed by atoms with Gasteiger partial charge in [-0.2, -0.15) is 0 Å². The van der Waals surface area contributed by atoms with Crippen LogP contribution < -0.4 is 32.7 Å². The Kier molecular flexibility index (Phi) is 17.2. The van der Waals surface area contributed by atoms with E-state index in [9.17, 15) is 33.9 Å². The summed E-state index contributed by atoms with van der Waals surface area (Å²) in [7, 11) is 0. The number of rotatable bonds is 18. The average molecular weight is 706 g/mol. The minimum atomic E-state index is -1.63. The van der Waals surface area contributed by atoms with Crippen LogP contribution >= 0.6 is 0 Å². The van der Waals surface area contributed by atoms with Crippen LogP contribution in [0.15, 0.2) is 35.3 Å². The number of guanidine groups is 1. The fourth-order valence-corrected chi connectivity index (χ4v) is 4.50. The molecule has 0 aliphatic heterocycles. The summed E-state index contributed by atoms with van der Waals surface area (Å²) in [6, 6.07) is 3.56. The third-order valence-corrected chi connectivity index (χ3v) is 7.05. The van der Waals surface area contributed by atoms with E-state index < -0.39 is 83.5 Å². The number of nitrogens with two attached hydrogens (primary N) is 2. The Morgan fingerprint density at radius 1 is 0.800 bits per heavy atom. The van der Waals surface area contributed by atoms with Crippen LogP contribution in [0.5, 0.6) is 0 Å². The number of aliphatic imine (C=N–C) groups is 1. The maximum atomic E-state index is 13.7. The number of ether oxygens (including phenoxy) is 2. The van der Waals surface area contributed by atoms with Crippen LogP contribution in [0.4, 0.5) is 4.79 Å². The summed E-state index contributed by atoms with van der Waals surface area (Å²) in [4.78, 5) is 82.2. The first-order chi connectivity index (χ1) is 23.1. The van der Waals surface area contributed by atoms with Gasteiger partial charge >= 0.3 is 18.0 Å². The SMILES string of the molecule is CC[C@H](C)[C@H](NC(=O)[C@H](CC(=O)O)NC(=O)[C@H](CCCN=C(N)N)NC(=O)[C@H](Cc1ccccc1)NC(=O)OC(C)(C)C)C(=O)OC(C)(C)C. The van der Waals surface area contributed by atoms with Crippen LogP contribution in [-0.2, 0) is 39.9 Å². The molecule has 0 saturated heterocycles. The Bertz CT molecular complexity index is 1340. The minimum Gasteiger partial charge on any atom is -0.481 e. The van der Waals surface area contributed by atoms with Crippen molar-refractivity contribution in [3.8, 4) is 0 Å². The molecule has 280 valence electrons. The number of hydrogen-bond donors (Lipinski definition) is 7. The quantitative estimate of drug-likeness (QED) is 0.0498. The highest BCUT2D eigenvalue weighted by Gasteiger charge is 2.35. The second-order valence-corrected chi connectivity index (χ2v) is 14.0. The smallest absolute Gasteiger partial charge is 0.408 e. The first-order valence-electron chi connectivity index (χ1n) is 16.6. The van der Waals surface area contributed by atoms with Gasteiger partial charge in [-0.3, -0.25) is 24.2 Å². The van der Waals surface area contributed by atoms with Gasteiger partial charge in [0.15, 0.2) is 5.96 Å². The van der Waals surface area contributed by atoms with Crippen LogP contribution in [0.3, 0.4) is 0 Å². The van der Waals surface area contributed by atoms with Crippen LogP contribution in [0.25, 0.3) is 0 Å². The first-order valence-corrected chi connectivity index (χ1v) is 16.6. The number of alkyl carbamates (subject to hydrolysis) is 1. The van der Waals surface area contributed by atoms with Crippen LogP contribution in [0.1, 0.15) is 86.6 Å². The molecular formula is C34H55N7O9. The van der Waals surface area contributed by atoms with Gasteiger partial charge in [0.2, 0.25) is 17.7 Å². The number of carbonyl (C=O) groups excluding carboxylic acids is 5. The maximum Gasteiger partial charge on any atom is 0.408 e. The molecule has 0 saturated carbocycles. The van der Waals surface area contributed by atoms with Gasteiger partial charge in [0.05, 0.1) is 6.42 Å². The number of hydrogen-bond acceptors (Lipinski definition) is 9. The molecule has 0 aliphatic carbocycles. The Hall–Kier alpha value is -4.89. The van der Waals surface area contributed by atoms with Gasteiger partial charge in [-0.15, -0.1) is 0 Å². The van der Waals surface area contributed by atoms with Crippen LogP contribution in [0.2, 0.25) is 0 Å². The maximum absolute atomic E-state index is 13.7. The molecule has 50 heavy (non-hydrogen) atoms. The van der Waals surface area contributed by atoms with E-state index in [4.69, 9.17) is 20.9 Å². The number of carboxylic acids is 1. The zero-order valence-electron chi connectivity index (χ0n) is 30.3. The molecule has 0 radical (unpaired) electrons. The van der Waals surface area contributed by atoms with Gasteiger partial charge in [-0.05, 0) is 65.9 Å². The lowest BCUT2D eigenvalue weighted by Crippen LogP contribution is -2.59. The van der Waals surface area contributed by atoms with Crippen molar-refractivity contribution in [3.63, 3.8) is 0 Å². The number of carboxylic acid groups (broad SMARTS) is 1. The summed E-state index contributed by atoms with van der Waals surface area (Å²) in [6.07, 6.45) is -1.01. The predicted octanol–water partition coefficient (Wildman–Crippen LogP) is 1.49. The summed E-state index contributed by atoms with van der Waals surface area (Å²) < 4.78 is 10.8. The zero-order chi connectivity index (χ0) is 38.2. The van der Waals surface area contributed by atoms with E-state index >= 15 is 0 Å². The third kappa shape index (κ3) is 17.5. The van der Waals surface area contributed by atoms with E-state index in [1.54, 1.807) is 78.8 Å². The molecule has 16 heteroatoms. The molecule has 0 aromatic heterocycles. The van der Waals surface area contributed by atoms with E-state index in [2.05, 4.69) is 26.3 Å². The van der Waals surface area contributed by atoms with Crippen molar-refractivity contribution in [1.82, 2.24) is 21.3 Å². The van der Waals surface area contributed by atoms with Crippen molar-refractivity contribution in [3.05, 3.63) is 35.9 Å². The number of nitrogens with zero attached hydrogens (tertiary/aromatic N) is 1. The molecule has 0 spiro atoms. The van der Waals surface area contributed by atoms with E-state index in [-0.39, 0.29) is 31.8 Å². The molecule has 4 amide bonds. The highest BCUT2D eigenvalue weighted by atomic mass is 16.6. The number of aliphatic carboxylic acids is 1. The third-order valence-electron chi connectivity index (χ3n) is 7.05. The van der Waals surface area contributed by atoms with Crippen LogP contribution in [-0.4, -0.2) is 88.7 Å². The highest BCUT2D eigenvalue weighted by Crippen LogP contribution is 2.16. The number of esters is 1. The summed E-state index contributed by atoms with van der Waals surface area (Å²) in [5.74, 6) is -5.26. The van der Waals surface area contributed by atoms with Gasteiger partial charge in [-0.1, -0.05) is 50.6 Å². The number of nitrogens with one attached hydrogen (secondary N) is 4. The summed E-state index contributed by atoms with van der Waals surface area (Å²) in [5, 5.41) is 19.7. The highest BCUT2D eigenvalue weighted by molar-refractivity contribution is 5.96. The molecular weight excluding hydrogens is 650 g/mol. The van der Waals surface area contributed by atoms with Gasteiger partial charge in [0, 0.05) is 13.0 Å². The molecule has 0 aliphatic rings. The standard InChI is InChI=1S/C34H55N7O9/c1-9-20(2)26(30(47)49-33(3,4)5)41-29(46)24(19-25(42)43)39-27(44)22(16-13-17-37-31(35)36)38-28(45)23(18-21-14-11-10-12-15-21)40-32(48)50-34(6,7)8/h10-12,14-15,20,22-24,26H,9,13,16-19H2,1-8H3,(H,38,45)(H,39,44)(H,40,48)(H,41,46)(H,42,43)(H4,35,36,37)/t20-,22-,23-,24-,26-/m0/s1. The Labute approximate surface area is 293 Å². The molecule has 0 heterocycles. The van der Waals surface area contributed by atoms with Crippen molar-refractivity contribution >= 4 is 41.7 Å². The van der Waals surface area contributed by atoms with E-state index in [1.165, 1.54) is 0 Å². The number of carbonyl (C=O) groups is 6. The van der Waals surface area contributed by atoms with Gasteiger partial charge < -0.3 is 47.3 Å². The lowest BCUT2D eigenvalue weighted by Gasteiger charge is -2.29. The normalized spacial score (nSPS) is 14.4. The summed E-state index contributed by atoms with van der Waals surface area (Å²) in [5.41, 5.74) is 9.82. The fraction of sp³-hybridized carbons (Fsp3) is 0.618. The zero-order valence-corrected chi connectivity index (χ0v) is 30.3. The minimum absolute atomic E-state index is 0.0341. The largest absolute Gasteiger partial charge is 0.481 e. The number of amides is 4. The lowest BCUT2D eigenvalue weighted by atomic mass is 9.98. The lowest BCUT2D eigenvalue weighted by molar-refractivity contribution is -0.160. The second kappa shape index (κ2) is 19.9. The van der Waals surface area contributed by atoms with E-state index in [0.717, 1.165) is 0 Å². The molecule has 0 unspecified atom stereocenters. The van der Waals surface area contributed by atoms with Gasteiger partial charge in [-0.25, -0.2) is 9.59 Å². The van der Waals surface area contributed by atoms with Crippen molar-refractivity contribution in [2.24, 2.45) is 22.4 Å². The van der Waals surface area contributed by atoms with Gasteiger partial charge in [0.25, 0.3) is 0 Å². The molecule has 0 fully saturated rings. The molecule has 1 rings (SSSR count). The molecule has 9 N–H and O–H groups in total. The summed E-state index contributed by atoms with van der Waals surface area (Å²) >= 11 is 0. The second-order valence-electron chi connectivity index (χ2n) is 14.0. The predicted molar refractivity (Wildman–Crippen MR) is 187 cm³/mol. The molecule has 1 aromatic carbocycles. The summed E-state index contributed by atoms with van der Waals surface area (Å²) in [6.45, 7) is 13.6. The average Bonchev–Trinajstić information content (AvgIpc) is 2.98. The Morgan fingerprint density at radius 2 is 1.34 bits per heavy atom. The molecule has 0 bridgehead atoms. The van der Waals surface area contributed by atoms with E-state index in [1.807, 2.05) is 6.92 Å². The Balaban J connectivity index is 3.37. The monoisotopic (exact) mass is 705 g/mol. The van der Waals surface area contributed by atoms with Gasteiger partial charge in [0.1, 0.15) is 35.4 Å². The molecule has 16 nitrogen and oxygen atoms in total. The fourth-order valence-electron chi connectivity index (χ4n) is 4.50. The molecule has 5 atom stereocenters.